The highest BCUT2D eigenvalue weighted by molar-refractivity contribution is 5.91. The second-order valence-electron chi connectivity index (χ2n) is 8.88. The first kappa shape index (κ1) is 29.3. The van der Waals surface area contributed by atoms with Crippen LogP contribution in [0.1, 0.15) is 5.69 Å². The second kappa shape index (κ2) is 13.1. The van der Waals surface area contributed by atoms with Gasteiger partial charge in [-0.25, -0.2) is 4.79 Å². The minimum Gasteiger partial charge on any atom is -0.493 e. The Hall–Kier alpha value is -4.67. The molecule has 214 valence electrons. The standard InChI is InChI=1S/C30H30N4O6.ClH/c1-36-26-16-21(17-27(37-2)29(26)38-3)28-24(18-40-33-28)19-9-7-10-23(15-19)34(39-4)30(35)31-13-12-22-14-20-8-5-6-11-25(20)32-22;/h5-11,14-18,32H,12-13H2,1-4H3,(H,31,35);1H. The molecular weight excluding hydrogens is 548 g/mol. The molecular formula is C30H31ClN4O6. The molecule has 0 aliphatic heterocycles. The molecule has 0 saturated heterocycles. The highest BCUT2D eigenvalue weighted by atomic mass is 35.5. The van der Waals surface area contributed by atoms with Crippen molar-refractivity contribution in [3.8, 4) is 39.6 Å². The Kier molecular flexibility index (Phi) is 9.38. The summed E-state index contributed by atoms with van der Waals surface area (Å²) in [5.74, 6) is 1.47. The highest BCUT2D eigenvalue weighted by Gasteiger charge is 2.21. The van der Waals surface area contributed by atoms with Crippen LogP contribution in [0.15, 0.2) is 77.5 Å². The van der Waals surface area contributed by atoms with Crippen molar-refractivity contribution in [1.82, 2.24) is 15.5 Å². The Morgan fingerprint density at radius 2 is 1.68 bits per heavy atom. The van der Waals surface area contributed by atoms with Gasteiger partial charge in [-0.2, -0.15) is 5.06 Å². The van der Waals surface area contributed by atoms with Gasteiger partial charge in [-0.05, 0) is 47.3 Å². The Morgan fingerprint density at radius 1 is 0.927 bits per heavy atom. The number of hydrogen-bond acceptors (Lipinski definition) is 7. The number of hydroxylamine groups is 1. The van der Waals surface area contributed by atoms with Gasteiger partial charge in [0.25, 0.3) is 0 Å². The van der Waals surface area contributed by atoms with Gasteiger partial charge in [-0.1, -0.05) is 35.5 Å². The fourth-order valence-corrected chi connectivity index (χ4v) is 4.62. The Morgan fingerprint density at radius 3 is 2.37 bits per heavy atom. The maximum atomic E-state index is 13.0. The molecule has 0 saturated carbocycles. The predicted molar refractivity (Wildman–Crippen MR) is 159 cm³/mol. The third-order valence-electron chi connectivity index (χ3n) is 6.52. The summed E-state index contributed by atoms with van der Waals surface area (Å²) in [5.41, 5.74) is 5.42. The van der Waals surface area contributed by atoms with E-state index in [9.17, 15) is 4.79 Å². The third-order valence-corrected chi connectivity index (χ3v) is 6.52. The number of aromatic nitrogens is 2. The van der Waals surface area contributed by atoms with Crippen molar-refractivity contribution in [1.29, 1.82) is 0 Å². The summed E-state index contributed by atoms with van der Waals surface area (Å²) in [6, 6.07) is 20.7. The van der Waals surface area contributed by atoms with Crippen molar-refractivity contribution >= 4 is 35.0 Å². The first-order valence-corrected chi connectivity index (χ1v) is 12.6. The molecule has 0 unspecified atom stereocenters. The summed E-state index contributed by atoms with van der Waals surface area (Å²) in [4.78, 5) is 21.9. The molecule has 0 bridgehead atoms. The van der Waals surface area contributed by atoms with Gasteiger partial charge in [0, 0.05) is 35.3 Å². The number of carbonyl (C=O) groups is 1. The number of nitrogens with zero attached hydrogens (tertiary/aromatic N) is 2. The number of rotatable bonds is 10. The van der Waals surface area contributed by atoms with Gasteiger partial charge in [0.1, 0.15) is 12.0 Å². The van der Waals surface area contributed by atoms with E-state index in [0.29, 0.717) is 52.7 Å². The van der Waals surface area contributed by atoms with Crippen LogP contribution in [-0.2, 0) is 11.3 Å². The Bertz CT molecular complexity index is 1570. The number of nitrogens with one attached hydrogen (secondary N) is 2. The monoisotopic (exact) mass is 578 g/mol. The van der Waals surface area contributed by atoms with Crippen molar-refractivity contribution in [2.75, 3.05) is 40.0 Å². The molecule has 0 fully saturated rings. The number of ether oxygens (including phenoxy) is 3. The van der Waals surface area contributed by atoms with E-state index in [0.717, 1.165) is 22.2 Å². The van der Waals surface area contributed by atoms with Crippen molar-refractivity contribution in [3.05, 3.63) is 78.7 Å². The number of methoxy groups -OCH3 is 3. The van der Waals surface area contributed by atoms with E-state index in [1.807, 2.05) is 36.4 Å². The maximum absolute atomic E-state index is 13.0. The molecule has 2 heterocycles. The van der Waals surface area contributed by atoms with E-state index in [-0.39, 0.29) is 18.4 Å². The number of amides is 2. The van der Waals surface area contributed by atoms with Gasteiger partial charge in [0.05, 0.1) is 34.1 Å². The van der Waals surface area contributed by atoms with Crippen LogP contribution in [0.3, 0.4) is 0 Å². The lowest BCUT2D eigenvalue weighted by Gasteiger charge is -2.20. The zero-order valence-electron chi connectivity index (χ0n) is 23.1. The van der Waals surface area contributed by atoms with E-state index >= 15 is 0 Å². The number of carbonyl (C=O) groups excluding carboxylic acids is 1. The van der Waals surface area contributed by atoms with Gasteiger partial charge in [-0.15, -0.1) is 12.4 Å². The molecule has 2 amide bonds. The zero-order valence-corrected chi connectivity index (χ0v) is 23.9. The van der Waals surface area contributed by atoms with Crippen LogP contribution in [0.5, 0.6) is 17.2 Å². The molecule has 0 aliphatic carbocycles. The SMILES string of the molecule is COc1cc(-c2nocc2-c2cccc(N(OC)C(=O)NCCc3cc4ccccc4[nH]3)c2)cc(OC)c1OC.Cl. The fraction of sp³-hybridized carbons (Fsp3) is 0.200. The van der Waals surface area contributed by atoms with Crippen LogP contribution < -0.4 is 24.6 Å². The van der Waals surface area contributed by atoms with Crippen molar-refractivity contribution in [3.63, 3.8) is 0 Å². The number of benzene rings is 3. The topological polar surface area (TPSA) is 111 Å². The number of halogens is 1. The summed E-state index contributed by atoms with van der Waals surface area (Å²) in [6.45, 7) is 0.433. The number of urea groups is 1. The lowest BCUT2D eigenvalue weighted by atomic mass is 10.0. The molecule has 41 heavy (non-hydrogen) atoms. The third kappa shape index (κ3) is 6.08. The zero-order chi connectivity index (χ0) is 28.1. The first-order chi connectivity index (χ1) is 19.6. The van der Waals surface area contributed by atoms with Gasteiger partial charge in [-0.3, -0.25) is 4.84 Å². The number of para-hydroxylation sites is 1. The van der Waals surface area contributed by atoms with Crippen LogP contribution in [0.2, 0.25) is 0 Å². The molecule has 5 rings (SSSR count). The van der Waals surface area contributed by atoms with Crippen LogP contribution in [0, 0.1) is 0 Å². The maximum Gasteiger partial charge on any atom is 0.346 e. The average Bonchev–Trinajstić information content (AvgIpc) is 3.64. The molecule has 11 heteroatoms. The molecule has 10 nitrogen and oxygen atoms in total. The lowest BCUT2D eigenvalue weighted by Crippen LogP contribution is -2.40. The molecule has 0 atom stereocenters. The number of hydrogen-bond donors (Lipinski definition) is 2. The minimum atomic E-state index is -0.383. The summed E-state index contributed by atoms with van der Waals surface area (Å²) in [6.07, 6.45) is 2.20. The molecule has 2 N–H and O–H groups in total. The summed E-state index contributed by atoms with van der Waals surface area (Å²) >= 11 is 0. The van der Waals surface area contributed by atoms with Crippen LogP contribution in [0.4, 0.5) is 10.5 Å². The Labute approximate surface area is 243 Å². The fourth-order valence-electron chi connectivity index (χ4n) is 4.62. The number of anilines is 1. The minimum absolute atomic E-state index is 0. The summed E-state index contributed by atoms with van der Waals surface area (Å²) in [5, 5.41) is 9.50. The highest BCUT2D eigenvalue weighted by Crippen LogP contribution is 2.43. The summed E-state index contributed by atoms with van der Waals surface area (Å²) < 4.78 is 21.8. The molecule has 0 aliphatic rings. The largest absolute Gasteiger partial charge is 0.493 e. The molecule has 0 radical (unpaired) electrons. The van der Waals surface area contributed by atoms with Gasteiger partial charge in [0.15, 0.2) is 11.5 Å². The van der Waals surface area contributed by atoms with E-state index in [4.69, 9.17) is 23.6 Å². The van der Waals surface area contributed by atoms with E-state index in [1.165, 1.54) is 12.2 Å². The van der Waals surface area contributed by atoms with Crippen LogP contribution >= 0.6 is 12.4 Å². The number of fused-ring (bicyclic) bond motifs is 1. The smallest absolute Gasteiger partial charge is 0.346 e. The van der Waals surface area contributed by atoms with Crippen LogP contribution in [-0.4, -0.2) is 51.2 Å². The van der Waals surface area contributed by atoms with Crippen LogP contribution in [0.25, 0.3) is 33.3 Å². The van der Waals surface area contributed by atoms with Gasteiger partial charge >= 0.3 is 6.03 Å². The predicted octanol–water partition coefficient (Wildman–Crippen LogP) is 6.26. The van der Waals surface area contributed by atoms with E-state index in [2.05, 4.69) is 27.6 Å². The van der Waals surface area contributed by atoms with E-state index in [1.54, 1.807) is 45.8 Å². The van der Waals surface area contributed by atoms with E-state index < -0.39 is 0 Å². The quantitative estimate of drug-likeness (QED) is 0.188. The van der Waals surface area contributed by atoms with Crippen molar-refractivity contribution in [2.45, 2.75) is 6.42 Å². The Balaban J connectivity index is 0.00000387. The average molecular weight is 579 g/mol. The van der Waals surface area contributed by atoms with Gasteiger partial charge < -0.3 is 29.0 Å². The van der Waals surface area contributed by atoms with Crippen molar-refractivity contribution < 1.29 is 28.4 Å². The lowest BCUT2D eigenvalue weighted by molar-refractivity contribution is 0.163. The molecule has 3 aromatic carbocycles. The number of aromatic amines is 1. The van der Waals surface area contributed by atoms with Gasteiger partial charge in [0.2, 0.25) is 5.75 Å². The molecule has 5 aromatic rings. The molecule has 0 spiro atoms. The first-order valence-electron chi connectivity index (χ1n) is 12.6. The molecule has 2 aromatic heterocycles. The normalized spacial score (nSPS) is 10.6. The second-order valence-corrected chi connectivity index (χ2v) is 8.88. The van der Waals surface area contributed by atoms with Crippen molar-refractivity contribution in [2.24, 2.45) is 0 Å². The number of H-pyrrole nitrogens is 1. The summed E-state index contributed by atoms with van der Waals surface area (Å²) in [7, 11) is 6.11.